The van der Waals surface area contributed by atoms with Crippen molar-refractivity contribution in [1.29, 1.82) is 0 Å². The second-order valence-electron chi connectivity index (χ2n) is 6.05. The normalized spacial score (nSPS) is 13.3. The SMILES string of the molecule is O=C(CSc1nnc(-c2ccccc2)c(-c2ccccc2)n1)N1CCC1. The lowest BCUT2D eigenvalue weighted by atomic mass is 10.0. The third kappa shape index (κ3) is 3.60. The summed E-state index contributed by atoms with van der Waals surface area (Å²) in [6.45, 7) is 1.72. The molecule has 2 aromatic carbocycles. The van der Waals surface area contributed by atoms with E-state index in [0.29, 0.717) is 10.9 Å². The van der Waals surface area contributed by atoms with E-state index in [2.05, 4.69) is 10.2 Å². The molecule has 1 aliphatic rings. The van der Waals surface area contributed by atoms with Gasteiger partial charge in [0.1, 0.15) is 11.4 Å². The molecule has 1 aliphatic heterocycles. The number of thioether (sulfide) groups is 1. The molecule has 1 aromatic heterocycles. The molecule has 0 unspecified atom stereocenters. The van der Waals surface area contributed by atoms with E-state index in [1.165, 1.54) is 11.8 Å². The monoisotopic (exact) mass is 362 g/mol. The highest BCUT2D eigenvalue weighted by molar-refractivity contribution is 7.99. The minimum absolute atomic E-state index is 0.137. The van der Waals surface area contributed by atoms with Gasteiger partial charge in [0, 0.05) is 24.2 Å². The molecule has 0 aliphatic carbocycles. The zero-order chi connectivity index (χ0) is 17.8. The summed E-state index contributed by atoms with van der Waals surface area (Å²) in [6, 6.07) is 19.9. The summed E-state index contributed by atoms with van der Waals surface area (Å²) < 4.78 is 0. The van der Waals surface area contributed by atoms with Crippen molar-refractivity contribution in [3.05, 3.63) is 60.7 Å². The van der Waals surface area contributed by atoms with Gasteiger partial charge in [-0.05, 0) is 6.42 Å². The lowest BCUT2D eigenvalue weighted by molar-refractivity contribution is -0.131. The molecule has 6 heteroatoms. The number of benzene rings is 2. The molecule has 0 spiro atoms. The fraction of sp³-hybridized carbons (Fsp3) is 0.200. The number of hydrogen-bond acceptors (Lipinski definition) is 5. The Morgan fingerprint density at radius 1 is 0.885 bits per heavy atom. The number of nitrogens with zero attached hydrogens (tertiary/aromatic N) is 4. The van der Waals surface area contributed by atoms with Gasteiger partial charge in [-0.1, -0.05) is 72.4 Å². The highest BCUT2D eigenvalue weighted by Gasteiger charge is 2.21. The molecule has 4 rings (SSSR count). The number of amides is 1. The lowest BCUT2D eigenvalue weighted by Gasteiger charge is -2.30. The van der Waals surface area contributed by atoms with E-state index in [1.54, 1.807) is 0 Å². The second-order valence-corrected chi connectivity index (χ2v) is 6.99. The van der Waals surface area contributed by atoms with Crippen LogP contribution in [-0.2, 0) is 4.79 Å². The van der Waals surface area contributed by atoms with Gasteiger partial charge in [-0.25, -0.2) is 4.98 Å². The van der Waals surface area contributed by atoms with Gasteiger partial charge in [0.2, 0.25) is 11.1 Å². The van der Waals surface area contributed by atoms with Crippen molar-refractivity contribution >= 4 is 17.7 Å². The summed E-state index contributed by atoms with van der Waals surface area (Å²) in [5.74, 6) is 0.485. The van der Waals surface area contributed by atoms with E-state index in [-0.39, 0.29) is 5.91 Å². The Morgan fingerprint density at radius 2 is 1.50 bits per heavy atom. The average molecular weight is 362 g/mol. The van der Waals surface area contributed by atoms with Crippen LogP contribution < -0.4 is 0 Å². The van der Waals surface area contributed by atoms with E-state index in [0.717, 1.165) is 42.0 Å². The van der Waals surface area contributed by atoms with Crippen LogP contribution in [0, 0.1) is 0 Å². The van der Waals surface area contributed by atoms with Crippen LogP contribution in [0.15, 0.2) is 65.8 Å². The topological polar surface area (TPSA) is 59.0 Å². The number of rotatable bonds is 5. The van der Waals surface area contributed by atoms with Gasteiger partial charge in [-0.2, -0.15) is 0 Å². The molecule has 0 N–H and O–H groups in total. The van der Waals surface area contributed by atoms with Gasteiger partial charge in [0.25, 0.3) is 0 Å². The zero-order valence-corrected chi connectivity index (χ0v) is 15.0. The molecule has 1 saturated heterocycles. The molecule has 0 atom stereocenters. The van der Waals surface area contributed by atoms with Gasteiger partial charge in [-0.3, -0.25) is 4.79 Å². The van der Waals surface area contributed by atoms with Gasteiger partial charge in [0.05, 0.1) is 5.75 Å². The molecule has 0 saturated carbocycles. The number of hydrogen-bond donors (Lipinski definition) is 0. The predicted molar refractivity (Wildman–Crippen MR) is 103 cm³/mol. The highest BCUT2D eigenvalue weighted by atomic mass is 32.2. The third-order valence-electron chi connectivity index (χ3n) is 4.30. The molecule has 0 radical (unpaired) electrons. The number of likely N-dealkylation sites (tertiary alicyclic amines) is 1. The van der Waals surface area contributed by atoms with E-state index < -0.39 is 0 Å². The average Bonchev–Trinajstić information content (AvgIpc) is 2.66. The van der Waals surface area contributed by atoms with Crippen molar-refractivity contribution in [3.63, 3.8) is 0 Å². The minimum atomic E-state index is 0.137. The van der Waals surface area contributed by atoms with Gasteiger partial charge >= 0.3 is 0 Å². The smallest absolute Gasteiger partial charge is 0.233 e. The number of aromatic nitrogens is 3. The van der Waals surface area contributed by atoms with E-state index in [1.807, 2.05) is 65.6 Å². The van der Waals surface area contributed by atoms with Crippen LogP contribution in [0.1, 0.15) is 6.42 Å². The molecule has 0 bridgehead atoms. The maximum absolute atomic E-state index is 12.1. The van der Waals surface area contributed by atoms with Gasteiger partial charge in [0.15, 0.2) is 0 Å². The largest absolute Gasteiger partial charge is 0.342 e. The summed E-state index contributed by atoms with van der Waals surface area (Å²) in [6.07, 6.45) is 1.10. The van der Waals surface area contributed by atoms with Crippen LogP contribution in [0.2, 0.25) is 0 Å². The van der Waals surface area contributed by atoms with Gasteiger partial charge in [-0.15, -0.1) is 10.2 Å². The second kappa shape index (κ2) is 7.66. The van der Waals surface area contributed by atoms with E-state index in [4.69, 9.17) is 4.98 Å². The first-order valence-corrected chi connectivity index (χ1v) is 9.56. The molecule has 2 heterocycles. The quantitative estimate of drug-likeness (QED) is 0.650. The minimum Gasteiger partial charge on any atom is -0.342 e. The van der Waals surface area contributed by atoms with Crippen molar-refractivity contribution in [1.82, 2.24) is 20.1 Å². The Hall–Kier alpha value is -2.73. The lowest BCUT2D eigenvalue weighted by Crippen LogP contribution is -2.43. The molecule has 130 valence electrons. The predicted octanol–water partition coefficient (Wildman–Crippen LogP) is 3.53. The fourth-order valence-corrected chi connectivity index (χ4v) is 3.43. The van der Waals surface area contributed by atoms with Crippen molar-refractivity contribution in [3.8, 4) is 22.5 Å². The van der Waals surface area contributed by atoms with Crippen LogP contribution in [0.25, 0.3) is 22.5 Å². The zero-order valence-electron chi connectivity index (χ0n) is 14.2. The molecule has 1 fully saturated rings. The molecule has 26 heavy (non-hydrogen) atoms. The van der Waals surface area contributed by atoms with Crippen LogP contribution in [0.5, 0.6) is 0 Å². The summed E-state index contributed by atoms with van der Waals surface area (Å²) >= 11 is 1.34. The Balaban J connectivity index is 1.64. The number of carbonyl (C=O) groups is 1. The fourth-order valence-electron chi connectivity index (χ4n) is 2.74. The van der Waals surface area contributed by atoms with Crippen molar-refractivity contribution in [2.75, 3.05) is 18.8 Å². The Labute approximate surface area is 156 Å². The molecule has 1 amide bonds. The van der Waals surface area contributed by atoms with E-state index >= 15 is 0 Å². The maximum atomic E-state index is 12.1. The summed E-state index contributed by atoms with van der Waals surface area (Å²) in [5.41, 5.74) is 3.48. The van der Waals surface area contributed by atoms with Crippen molar-refractivity contribution < 1.29 is 4.79 Å². The maximum Gasteiger partial charge on any atom is 0.233 e. The van der Waals surface area contributed by atoms with Crippen LogP contribution in [0.4, 0.5) is 0 Å². The molecule has 5 nitrogen and oxygen atoms in total. The van der Waals surface area contributed by atoms with Crippen molar-refractivity contribution in [2.45, 2.75) is 11.6 Å². The van der Waals surface area contributed by atoms with Crippen LogP contribution in [0.3, 0.4) is 0 Å². The van der Waals surface area contributed by atoms with E-state index in [9.17, 15) is 4.79 Å². The van der Waals surface area contributed by atoms with Gasteiger partial charge < -0.3 is 4.90 Å². The first-order chi connectivity index (χ1) is 12.8. The Bertz CT molecular complexity index is 898. The molecule has 3 aromatic rings. The highest BCUT2D eigenvalue weighted by Crippen LogP contribution is 2.29. The van der Waals surface area contributed by atoms with Crippen LogP contribution >= 0.6 is 11.8 Å². The number of carbonyl (C=O) groups excluding carboxylic acids is 1. The van der Waals surface area contributed by atoms with Crippen molar-refractivity contribution in [2.24, 2.45) is 0 Å². The Morgan fingerprint density at radius 3 is 2.08 bits per heavy atom. The standard InChI is InChI=1S/C20H18N4OS/c25-17(24-12-7-13-24)14-26-20-21-18(15-8-3-1-4-9-15)19(22-23-20)16-10-5-2-6-11-16/h1-6,8-11H,7,12-14H2. The van der Waals surface area contributed by atoms with Crippen LogP contribution in [-0.4, -0.2) is 44.8 Å². The molecular weight excluding hydrogens is 344 g/mol. The summed E-state index contributed by atoms with van der Waals surface area (Å²) in [5, 5.41) is 9.20. The summed E-state index contributed by atoms with van der Waals surface area (Å²) in [7, 11) is 0. The Kier molecular flexibility index (Phi) is 4.93. The summed E-state index contributed by atoms with van der Waals surface area (Å²) in [4.78, 5) is 18.6. The third-order valence-corrected chi connectivity index (χ3v) is 5.12. The first-order valence-electron chi connectivity index (χ1n) is 8.57. The molecular formula is C20H18N4OS. The first kappa shape index (κ1) is 16.7.